The number of methoxy groups -OCH3 is 1. The van der Waals surface area contributed by atoms with Crippen LogP contribution in [0.3, 0.4) is 0 Å². The summed E-state index contributed by atoms with van der Waals surface area (Å²) in [6.45, 7) is 1.74. The number of hydrogen-bond donors (Lipinski definition) is 1. The Hall–Kier alpha value is -4.42. The minimum absolute atomic E-state index is 0.125. The lowest BCUT2D eigenvalue weighted by molar-refractivity contribution is -0.141. The molecule has 5 aromatic rings. The van der Waals surface area contributed by atoms with Gasteiger partial charge in [0.1, 0.15) is 17.5 Å². The first-order chi connectivity index (χ1) is 20.0. The predicted octanol–water partition coefficient (Wildman–Crippen LogP) is 6.57. The average Bonchev–Trinajstić information content (AvgIpc) is 3.39. The number of ether oxygens (including phenoxy) is 1. The van der Waals surface area contributed by atoms with Crippen molar-refractivity contribution in [3.05, 3.63) is 93.2 Å². The summed E-state index contributed by atoms with van der Waals surface area (Å²) in [6, 6.07) is 11.9. The van der Waals surface area contributed by atoms with E-state index in [1.54, 1.807) is 25.1 Å². The number of rotatable bonds is 7. The van der Waals surface area contributed by atoms with Crippen molar-refractivity contribution >= 4 is 45.7 Å². The van der Waals surface area contributed by atoms with Gasteiger partial charge in [0, 0.05) is 33.3 Å². The number of carbonyl (C=O) groups is 1. The van der Waals surface area contributed by atoms with Gasteiger partial charge in [0.2, 0.25) is 5.91 Å². The highest BCUT2D eigenvalue weighted by Gasteiger charge is 2.32. The maximum absolute atomic E-state index is 13.4. The number of alkyl halides is 3. The van der Waals surface area contributed by atoms with Crippen LogP contribution in [0.15, 0.2) is 71.8 Å². The third-order valence-electron chi connectivity index (χ3n) is 6.50. The van der Waals surface area contributed by atoms with E-state index in [4.69, 9.17) is 27.9 Å². The Morgan fingerprint density at radius 3 is 2.50 bits per heavy atom. The van der Waals surface area contributed by atoms with Crippen molar-refractivity contribution in [2.24, 2.45) is 0 Å². The Kier molecular flexibility index (Phi) is 7.93. The molecule has 0 bridgehead atoms. The van der Waals surface area contributed by atoms with Gasteiger partial charge in [-0.3, -0.25) is 14.2 Å². The van der Waals surface area contributed by atoms with E-state index in [9.17, 15) is 22.8 Å². The molecule has 0 saturated carbocycles. The van der Waals surface area contributed by atoms with Crippen LogP contribution in [0.5, 0.6) is 5.75 Å². The molecule has 0 spiro atoms. The third-order valence-corrected chi connectivity index (χ3v) is 6.91. The Labute approximate surface area is 246 Å². The van der Waals surface area contributed by atoms with Crippen molar-refractivity contribution < 1.29 is 22.7 Å². The van der Waals surface area contributed by atoms with E-state index in [1.807, 2.05) is 0 Å². The summed E-state index contributed by atoms with van der Waals surface area (Å²) in [5.74, 6) is -0.220. The van der Waals surface area contributed by atoms with Gasteiger partial charge in [0.25, 0.3) is 5.56 Å². The molecule has 3 aromatic heterocycles. The molecule has 5 rings (SSSR count). The molecular formula is C28H21Cl2F3N6O3. The molecule has 1 atom stereocenters. The number of fused-ring (bicyclic) bond motifs is 1. The first kappa shape index (κ1) is 29.1. The van der Waals surface area contributed by atoms with Crippen molar-refractivity contribution in [3.8, 4) is 22.6 Å². The summed E-state index contributed by atoms with van der Waals surface area (Å²) in [4.78, 5) is 30.4. The van der Waals surface area contributed by atoms with Crippen LogP contribution in [0.2, 0.25) is 10.2 Å². The summed E-state index contributed by atoms with van der Waals surface area (Å²) < 4.78 is 47.3. The van der Waals surface area contributed by atoms with Gasteiger partial charge in [0.15, 0.2) is 5.15 Å². The molecule has 1 amide bonds. The Balaban J connectivity index is 1.48. The van der Waals surface area contributed by atoms with Gasteiger partial charge in [-0.15, -0.1) is 5.10 Å². The van der Waals surface area contributed by atoms with E-state index in [0.29, 0.717) is 32.9 Å². The second kappa shape index (κ2) is 11.5. The summed E-state index contributed by atoms with van der Waals surface area (Å²) >= 11 is 12.2. The molecule has 42 heavy (non-hydrogen) atoms. The van der Waals surface area contributed by atoms with Gasteiger partial charge >= 0.3 is 6.18 Å². The zero-order valence-electron chi connectivity index (χ0n) is 22.0. The molecule has 9 nitrogen and oxygen atoms in total. The lowest BCUT2D eigenvalue weighted by atomic mass is 10.0. The van der Waals surface area contributed by atoms with Crippen LogP contribution in [0, 0.1) is 0 Å². The maximum Gasteiger partial charge on any atom is 0.433 e. The number of amides is 1. The minimum atomic E-state index is -4.57. The fraction of sp³-hybridized carbons (Fsp3) is 0.179. The van der Waals surface area contributed by atoms with Crippen LogP contribution in [0.4, 0.5) is 18.9 Å². The van der Waals surface area contributed by atoms with Gasteiger partial charge in [-0.2, -0.15) is 13.2 Å². The smallest absolute Gasteiger partial charge is 0.433 e. The first-order valence-electron chi connectivity index (χ1n) is 12.5. The van der Waals surface area contributed by atoms with E-state index in [2.05, 4.69) is 20.6 Å². The number of halogens is 5. The fourth-order valence-corrected chi connectivity index (χ4v) is 4.82. The highest BCUT2D eigenvalue weighted by Crippen LogP contribution is 2.36. The molecular weight excluding hydrogens is 596 g/mol. The van der Waals surface area contributed by atoms with E-state index >= 15 is 0 Å². The number of aromatic nitrogens is 5. The monoisotopic (exact) mass is 616 g/mol. The van der Waals surface area contributed by atoms with Crippen LogP contribution < -0.4 is 15.6 Å². The molecule has 3 heterocycles. The van der Waals surface area contributed by atoms with E-state index in [0.717, 1.165) is 6.07 Å². The second-order valence-corrected chi connectivity index (χ2v) is 9.99. The maximum atomic E-state index is 13.4. The van der Waals surface area contributed by atoms with Gasteiger partial charge in [-0.1, -0.05) is 41.4 Å². The van der Waals surface area contributed by atoms with Crippen LogP contribution in [-0.4, -0.2) is 37.6 Å². The molecule has 0 fully saturated rings. The van der Waals surface area contributed by atoms with Crippen molar-refractivity contribution in [3.63, 3.8) is 0 Å². The standard InChI is InChI=1S/C28H21Cl2F3N6O3/c1-3-21(27(41)34-17-6-7-20-15(10-17)4-9-24(35-20)28(31,32)33)38-13-23(42-2)19(12-26(38)40)18-11-16(29)5-8-22(18)39-14-25(30)36-37-39/h4-14,21H,3H2,1-2H3,(H,34,41). The van der Waals surface area contributed by atoms with E-state index < -0.39 is 29.4 Å². The largest absolute Gasteiger partial charge is 0.495 e. The molecule has 0 aliphatic heterocycles. The first-order valence-corrected chi connectivity index (χ1v) is 13.2. The van der Waals surface area contributed by atoms with Crippen molar-refractivity contribution in [1.82, 2.24) is 24.5 Å². The van der Waals surface area contributed by atoms with E-state index in [1.165, 1.54) is 59.1 Å². The predicted molar refractivity (Wildman–Crippen MR) is 152 cm³/mol. The summed E-state index contributed by atoms with van der Waals surface area (Å²) in [7, 11) is 1.43. The zero-order valence-corrected chi connectivity index (χ0v) is 23.5. The van der Waals surface area contributed by atoms with Crippen LogP contribution in [0.1, 0.15) is 25.1 Å². The number of nitrogens with zero attached hydrogens (tertiary/aromatic N) is 5. The average molecular weight is 617 g/mol. The lowest BCUT2D eigenvalue weighted by Crippen LogP contribution is -2.32. The summed E-state index contributed by atoms with van der Waals surface area (Å²) in [5.41, 5.74) is 0.410. The van der Waals surface area contributed by atoms with Crippen LogP contribution >= 0.6 is 23.2 Å². The lowest BCUT2D eigenvalue weighted by Gasteiger charge is -2.21. The Morgan fingerprint density at radius 1 is 1.05 bits per heavy atom. The molecule has 1 unspecified atom stereocenters. The minimum Gasteiger partial charge on any atom is -0.495 e. The topological polar surface area (TPSA) is 104 Å². The molecule has 0 saturated heterocycles. The number of pyridine rings is 2. The van der Waals surface area contributed by atoms with Crippen molar-refractivity contribution in [2.75, 3.05) is 12.4 Å². The highest BCUT2D eigenvalue weighted by atomic mass is 35.5. The highest BCUT2D eigenvalue weighted by molar-refractivity contribution is 6.31. The molecule has 216 valence electrons. The Bertz CT molecular complexity index is 1870. The summed E-state index contributed by atoms with van der Waals surface area (Å²) in [5, 5.41) is 11.5. The molecule has 1 N–H and O–H groups in total. The van der Waals surface area contributed by atoms with Gasteiger partial charge in [0.05, 0.1) is 30.7 Å². The number of benzene rings is 2. The summed E-state index contributed by atoms with van der Waals surface area (Å²) in [6.07, 6.45) is -1.39. The van der Waals surface area contributed by atoms with Gasteiger partial charge < -0.3 is 10.1 Å². The molecule has 2 aromatic carbocycles. The van der Waals surface area contributed by atoms with Crippen LogP contribution in [0.25, 0.3) is 27.7 Å². The van der Waals surface area contributed by atoms with E-state index in [-0.39, 0.29) is 22.8 Å². The quantitative estimate of drug-likeness (QED) is 0.222. The fourth-order valence-electron chi connectivity index (χ4n) is 4.53. The SMILES string of the molecule is CCC(C(=O)Nc1ccc2nc(C(F)(F)F)ccc2c1)n1cc(OC)c(-c2cc(Cl)ccc2-n2cc(Cl)nn2)cc1=O. The normalized spacial score (nSPS) is 12.4. The zero-order chi connectivity index (χ0) is 30.2. The molecule has 0 radical (unpaired) electrons. The van der Waals surface area contributed by atoms with Gasteiger partial charge in [-0.25, -0.2) is 9.67 Å². The number of anilines is 1. The number of nitrogens with one attached hydrogen (secondary N) is 1. The van der Waals surface area contributed by atoms with Crippen molar-refractivity contribution in [2.45, 2.75) is 25.6 Å². The number of hydrogen-bond acceptors (Lipinski definition) is 6. The Morgan fingerprint density at radius 2 is 1.83 bits per heavy atom. The molecule has 0 aliphatic carbocycles. The second-order valence-electron chi connectivity index (χ2n) is 9.16. The van der Waals surface area contributed by atoms with Crippen molar-refractivity contribution in [1.29, 1.82) is 0 Å². The van der Waals surface area contributed by atoms with Crippen LogP contribution in [-0.2, 0) is 11.0 Å². The molecule has 0 aliphatic rings. The molecule has 14 heteroatoms. The number of carbonyl (C=O) groups excluding carboxylic acids is 1. The third kappa shape index (κ3) is 5.81. The van der Waals surface area contributed by atoms with Gasteiger partial charge in [-0.05, 0) is 48.9 Å².